The van der Waals surface area contributed by atoms with Crippen LogP contribution in [0.15, 0.2) is 0 Å². The molecule has 0 radical (unpaired) electrons. The molecule has 0 aromatic heterocycles. The Labute approximate surface area is 209 Å². The molecule has 5 rings (SSSR count). The van der Waals surface area contributed by atoms with E-state index < -0.39 is 0 Å². The molecule has 192 valence electrons. The number of carbonyl (C=O) groups is 2. The van der Waals surface area contributed by atoms with E-state index in [1.165, 1.54) is 37.9 Å². The molecule has 0 bridgehead atoms. The van der Waals surface area contributed by atoms with Crippen LogP contribution in [-0.4, -0.2) is 126 Å². The van der Waals surface area contributed by atoms with Gasteiger partial charge in [-0.05, 0) is 64.3 Å². The predicted molar refractivity (Wildman–Crippen MR) is 137 cm³/mol. The predicted octanol–water partition coefficient (Wildman–Crippen LogP) is 0.779. The normalized spacial score (nSPS) is 36.3. The van der Waals surface area contributed by atoms with E-state index in [0.29, 0.717) is 24.4 Å². The van der Waals surface area contributed by atoms with Crippen molar-refractivity contribution in [1.82, 2.24) is 30.2 Å². The zero-order chi connectivity index (χ0) is 23.5. The molecule has 5 fully saturated rings. The summed E-state index contributed by atoms with van der Waals surface area (Å²) in [6.07, 6.45) is 9.36. The molecule has 0 aromatic carbocycles. The minimum absolute atomic E-state index is 0.0339. The Hall–Kier alpha value is -0.870. The molecule has 8 nitrogen and oxygen atoms in total. The van der Waals surface area contributed by atoms with Crippen LogP contribution in [0.1, 0.15) is 51.4 Å². The first-order valence-electron chi connectivity index (χ1n) is 13.7. The topological polar surface area (TPSA) is 71.2 Å². The van der Waals surface area contributed by atoms with Gasteiger partial charge >= 0.3 is 0 Å². The third-order valence-electron chi connectivity index (χ3n) is 8.90. The smallest absolute Gasteiger partial charge is 0.239 e. The van der Waals surface area contributed by atoms with Gasteiger partial charge in [0.1, 0.15) is 6.04 Å². The number of hydrogen-bond donors (Lipinski definition) is 2. The molecule has 5 saturated heterocycles. The van der Waals surface area contributed by atoms with E-state index in [1.54, 1.807) is 0 Å². The summed E-state index contributed by atoms with van der Waals surface area (Å²) < 4.78 is 0. The summed E-state index contributed by atoms with van der Waals surface area (Å²) in [5, 5.41) is 7.55. The number of thioether (sulfide) groups is 1. The van der Waals surface area contributed by atoms with Crippen molar-refractivity contribution in [1.29, 1.82) is 0 Å². The number of rotatable bonds is 6. The summed E-state index contributed by atoms with van der Waals surface area (Å²) in [6.45, 7) is 7.45. The van der Waals surface area contributed by atoms with Crippen LogP contribution in [0.2, 0.25) is 0 Å². The van der Waals surface area contributed by atoms with Gasteiger partial charge in [-0.25, -0.2) is 0 Å². The molecular formula is C25H44N6O2S. The maximum atomic E-state index is 13.0. The maximum absolute atomic E-state index is 13.0. The number of likely N-dealkylation sites (tertiary alicyclic amines) is 1. The molecule has 2 amide bonds. The molecule has 5 heterocycles. The largest absolute Gasteiger partial charge is 0.353 e. The lowest BCUT2D eigenvalue weighted by atomic mass is 10.0. The molecule has 5 aliphatic rings. The van der Waals surface area contributed by atoms with Gasteiger partial charge in [-0.2, -0.15) is 11.8 Å². The second kappa shape index (κ2) is 11.5. The van der Waals surface area contributed by atoms with Crippen LogP contribution in [0, 0.1) is 0 Å². The Balaban J connectivity index is 1.10. The highest BCUT2D eigenvalue weighted by Crippen LogP contribution is 2.32. The van der Waals surface area contributed by atoms with E-state index in [-0.39, 0.29) is 29.9 Å². The number of carbonyl (C=O) groups excluding carboxylic acids is 2. The number of fused-ring (bicyclic) bond motifs is 1. The Morgan fingerprint density at radius 3 is 2.65 bits per heavy atom. The minimum atomic E-state index is -0.0339. The molecule has 0 spiro atoms. The zero-order valence-corrected chi connectivity index (χ0v) is 21.7. The molecule has 0 saturated carbocycles. The van der Waals surface area contributed by atoms with Crippen molar-refractivity contribution >= 4 is 23.6 Å². The van der Waals surface area contributed by atoms with E-state index in [4.69, 9.17) is 0 Å². The molecule has 5 aliphatic heterocycles. The summed E-state index contributed by atoms with van der Waals surface area (Å²) in [7, 11) is 2.18. The molecular weight excluding hydrogens is 448 g/mol. The van der Waals surface area contributed by atoms with E-state index in [1.807, 2.05) is 0 Å². The number of hydrogen-bond acceptors (Lipinski definition) is 7. The number of nitrogens with zero attached hydrogens (tertiary/aromatic N) is 4. The second-order valence-corrected chi connectivity index (χ2v) is 12.3. The highest BCUT2D eigenvalue weighted by atomic mass is 32.2. The Kier molecular flexibility index (Phi) is 8.36. The molecule has 2 N–H and O–H groups in total. The first-order chi connectivity index (χ1) is 16.6. The van der Waals surface area contributed by atoms with Gasteiger partial charge in [-0.15, -0.1) is 0 Å². The van der Waals surface area contributed by atoms with Crippen molar-refractivity contribution in [2.75, 3.05) is 65.2 Å². The van der Waals surface area contributed by atoms with E-state index in [9.17, 15) is 9.59 Å². The van der Waals surface area contributed by atoms with Gasteiger partial charge in [-0.1, -0.05) is 0 Å². The van der Waals surface area contributed by atoms with Gasteiger partial charge in [0.15, 0.2) is 0 Å². The van der Waals surface area contributed by atoms with Gasteiger partial charge in [0, 0.05) is 69.6 Å². The Morgan fingerprint density at radius 2 is 1.91 bits per heavy atom. The van der Waals surface area contributed by atoms with Crippen LogP contribution < -0.4 is 10.6 Å². The first kappa shape index (κ1) is 24.8. The lowest BCUT2D eigenvalue weighted by Gasteiger charge is -2.41. The van der Waals surface area contributed by atoms with Gasteiger partial charge in [0.2, 0.25) is 11.8 Å². The van der Waals surface area contributed by atoms with Crippen molar-refractivity contribution in [2.45, 2.75) is 80.9 Å². The number of amides is 2. The number of likely N-dealkylation sites (N-methyl/N-ethyl adjacent to an activating group) is 1. The highest BCUT2D eigenvalue weighted by molar-refractivity contribution is 8.00. The van der Waals surface area contributed by atoms with E-state index >= 15 is 0 Å². The van der Waals surface area contributed by atoms with Crippen molar-refractivity contribution in [3.63, 3.8) is 0 Å². The third-order valence-corrected chi connectivity index (χ3v) is 10.3. The van der Waals surface area contributed by atoms with Crippen molar-refractivity contribution in [3.05, 3.63) is 0 Å². The van der Waals surface area contributed by atoms with Gasteiger partial charge in [0.05, 0.1) is 6.17 Å². The quantitative estimate of drug-likeness (QED) is 0.568. The fourth-order valence-corrected chi connectivity index (χ4v) is 8.08. The van der Waals surface area contributed by atoms with Crippen molar-refractivity contribution in [2.24, 2.45) is 0 Å². The maximum Gasteiger partial charge on any atom is 0.239 e. The minimum Gasteiger partial charge on any atom is -0.353 e. The van der Waals surface area contributed by atoms with Crippen molar-refractivity contribution in [3.8, 4) is 0 Å². The average Bonchev–Trinajstić information content (AvgIpc) is 3.52. The summed E-state index contributed by atoms with van der Waals surface area (Å²) in [4.78, 5) is 35.5. The molecule has 9 heteroatoms. The summed E-state index contributed by atoms with van der Waals surface area (Å²) in [6, 6.07) is 0.463. The van der Waals surface area contributed by atoms with Crippen LogP contribution in [0.3, 0.4) is 0 Å². The molecule has 34 heavy (non-hydrogen) atoms. The highest BCUT2D eigenvalue weighted by Gasteiger charge is 2.45. The SMILES string of the molecule is CN1C(CCC(=O)N2CCN(C3CCCCN3)CC2)CNC(=O)C2C1CCN2CC1CCCS1. The van der Waals surface area contributed by atoms with Gasteiger partial charge < -0.3 is 15.5 Å². The van der Waals surface area contributed by atoms with Gasteiger partial charge in [-0.3, -0.25) is 24.3 Å². The lowest BCUT2D eigenvalue weighted by molar-refractivity contribution is -0.134. The zero-order valence-electron chi connectivity index (χ0n) is 20.9. The Bertz CT molecular complexity index is 706. The monoisotopic (exact) mass is 492 g/mol. The fraction of sp³-hybridized carbons (Fsp3) is 0.920. The van der Waals surface area contributed by atoms with Crippen LogP contribution >= 0.6 is 11.8 Å². The van der Waals surface area contributed by atoms with E-state index in [0.717, 1.165) is 58.7 Å². The summed E-state index contributed by atoms with van der Waals surface area (Å²) in [5.41, 5.74) is 0. The van der Waals surface area contributed by atoms with Crippen LogP contribution in [0.4, 0.5) is 0 Å². The standard InChI is InChI=1S/C25H44N6O2S/c1-28-19(7-8-23(32)30-14-12-29(13-15-30)22-6-2-3-10-26-22)17-27-25(33)24-21(28)9-11-31(24)18-20-5-4-16-34-20/h19-22,24,26H,2-18H2,1H3,(H,27,33). The fourth-order valence-electron chi connectivity index (χ4n) is 6.78. The Morgan fingerprint density at radius 1 is 1.06 bits per heavy atom. The first-order valence-corrected chi connectivity index (χ1v) is 14.8. The number of nitrogens with one attached hydrogen (secondary N) is 2. The van der Waals surface area contributed by atoms with Crippen LogP contribution in [0.5, 0.6) is 0 Å². The molecule has 0 aromatic rings. The molecule has 5 atom stereocenters. The number of piperidine rings is 1. The van der Waals surface area contributed by atoms with E-state index in [2.05, 4.69) is 49.0 Å². The third kappa shape index (κ3) is 5.59. The average molecular weight is 493 g/mol. The molecule has 0 aliphatic carbocycles. The van der Waals surface area contributed by atoms with Gasteiger partial charge in [0.25, 0.3) is 0 Å². The number of piperazine rings is 1. The van der Waals surface area contributed by atoms with Crippen LogP contribution in [0.25, 0.3) is 0 Å². The van der Waals surface area contributed by atoms with Crippen molar-refractivity contribution < 1.29 is 9.59 Å². The summed E-state index contributed by atoms with van der Waals surface area (Å²) in [5.74, 6) is 1.74. The lowest BCUT2D eigenvalue weighted by Crippen LogP contribution is -2.56. The molecule has 5 unspecified atom stereocenters. The summed E-state index contributed by atoms with van der Waals surface area (Å²) >= 11 is 2.07. The van der Waals surface area contributed by atoms with Crippen LogP contribution in [-0.2, 0) is 9.59 Å². The second-order valence-electron chi connectivity index (χ2n) is 10.9.